The largest absolute Gasteiger partial charge is 0.493 e. The normalized spacial score (nSPS) is 22.2. The van der Waals surface area contributed by atoms with Crippen molar-refractivity contribution in [3.05, 3.63) is 58.7 Å². The number of amides is 1. The number of nitrogens with one attached hydrogen (secondary N) is 1. The number of rotatable bonds is 3. The van der Waals surface area contributed by atoms with E-state index in [1.165, 1.54) is 11.1 Å². The molecule has 2 aromatic rings. The minimum Gasteiger partial charge on any atom is -0.493 e. The van der Waals surface area contributed by atoms with Crippen molar-refractivity contribution in [1.82, 2.24) is 4.90 Å². The molecule has 2 atom stereocenters. The third-order valence-corrected chi connectivity index (χ3v) is 6.02. The van der Waals surface area contributed by atoms with E-state index in [1.54, 1.807) is 0 Å². The average molecular weight is 396 g/mol. The molecule has 28 heavy (non-hydrogen) atoms. The maximum atomic E-state index is 11.5. The van der Waals surface area contributed by atoms with Gasteiger partial charge in [0, 0.05) is 42.7 Å². The lowest BCUT2D eigenvalue weighted by atomic mass is 9.86. The minimum absolute atomic E-state index is 0. The summed E-state index contributed by atoms with van der Waals surface area (Å²) in [7, 11) is 0. The van der Waals surface area contributed by atoms with Crippen LogP contribution in [0.15, 0.2) is 36.4 Å². The molecule has 1 N–H and O–H groups in total. The fraction of sp³-hybridized carbons (Fsp3) is 0.364. The van der Waals surface area contributed by atoms with Gasteiger partial charge in [-0.05, 0) is 41.8 Å². The number of benzene rings is 2. The van der Waals surface area contributed by atoms with Crippen molar-refractivity contribution in [1.29, 1.82) is 5.26 Å². The molecule has 1 fully saturated rings. The lowest BCUT2D eigenvalue weighted by Crippen LogP contribution is -2.25. The van der Waals surface area contributed by atoms with Crippen LogP contribution in [0.5, 0.6) is 5.75 Å². The Labute approximate surface area is 170 Å². The Morgan fingerprint density at radius 3 is 2.96 bits per heavy atom. The second kappa shape index (κ2) is 7.46. The average Bonchev–Trinajstić information content (AvgIpc) is 3.27. The first-order valence-corrected chi connectivity index (χ1v) is 9.50. The fourth-order valence-corrected chi connectivity index (χ4v) is 4.63. The maximum absolute atomic E-state index is 11.5. The quantitative estimate of drug-likeness (QED) is 0.867. The standard InChI is InChI=1S/C22H21N3O2.ClH/c23-10-15-2-4-21-18(8-15)19-12-25(11-17(19)13-27-21)6-5-14-1-3-20-16(7-14)9-22(26)24-20;/h1-4,7-8,17,19H,5-6,9,11-13H2,(H,24,26);1H/t17-,19+;/m1./s1. The molecule has 3 aliphatic rings. The van der Waals surface area contributed by atoms with Gasteiger partial charge in [-0.3, -0.25) is 4.79 Å². The second-order valence-electron chi connectivity index (χ2n) is 7.77. The van der Waals surface area contributed by atoms with Crippen molar-refractivity contribution in [2.24, 2.45) is 5.92 Å². The van der Waals surface area contributed by atoms with Crippen molar-refractivity contribution in [2.45, 2.75) is 18.8 Å². The predicted molar refractivity (Wildman–Crippen MR) is 109 cm³/mol. The predicted octanol–water partition coefficient (Wildman–Crippen LogP) is 3.13. The number of likely N-dealkylation sites (tertiary alicyclic amines) is 1. The molecule has 0 aliphatic carbocycles. The Morgan fingerprint density at radius 2 is 2.11 bits per heavy atom. The van der Waals surface area contributed by atoms with Crippen LogP contribution in [0.1, 0.15) is 28.2 Å². The van der Waals surface area contributed by atoms with Gasteiger partial charge in [0.05, 0.1) is 24.7 Å². The summed E-state index contributed by atoms with van der Waals surface area (Å²) in [5.41, 5.74) is 5.24. The highest BCUT2D eigenvalue weighted by Crippen LogP contribution is 2.42. The number of carbonyl (C=O) groups excluding carboxylic acids is 1. The highest BCUT2D eigenvalue weighted by molar-refractivity contribution is 5.99. The molecule has 1 amide bonds. The number of nitrogens with zero attached hydrogens (tertiary/aromatic N) is 2. The SMILES string of the molecule is Cl.N#Cc1ccc2c(c1)[C@H]1CN(CCc3ccc4c(c3)CC(=O)N4)C[C@@H]1CO2. The Hall–Kier alpha value is -2.55. The molecule has 3 heterocycles. The van der Waals surface area contributed by atoms with Crippen LogP contribution in [0.3, 0.4) is 0 Å². The van der Waals surface area contributed by atoms with Gasteiger partial charge < -0.3 is 15.0 Å². The smallest absolute Gasteiger partial charge is 0.228 e. The Kier molecular flexibility index (Phi) is 5.01. The number of hydrogen-bond acceptors (Lipinski definition) is 4. The molecule has 3 aliphatic heterocycles. The summed E-state index contributed by atoms with van der Waals surface area (Å²) in [5, 5.41) is 12.1. The summed E-state index contributed by atoms with van der Waals surface area (Å²) in [6.45, 7) is 3.81. The van der Waals surface area contributed by atoms with Crippen molar-refractivity contribution < 1.29 is 9.53 Å². The zero-order valence-electron chi connectivity index (χ0n) is 15.5. The van der Waals surface area contributed by atoms with Gasteiger partial charge in [0.25, 0.3) is 0 Å². The number of hydrogen-bond donors (Lipinski definition) is 1. The van der Waals surface area contributed by atoms with E-state index in [0.717, 1.165) is 49.7 Å². The van der Waals surface area contributed by atoms with Crippen LogP contribution in [0, 0.1) is 17.2 Å². The molecule has 6 heteroatoms. The first-order chi connectivity index (χ1) is 13.2. The third kappa shape index (κ3) is 3.34. The van der Waals surface area contributed by atoms with E-state index in [1.807, 2.05) is 24.3 Å². The van der Waals surface area contributed by atoms with E-state index in [4.69, 9.17) is 4.74 Å². The third-order valence-electron chi connectivity index (χ3n) is 6.02. The molecule has 5 rings (SSSR count). The van der Waals surface area contributed by atoms with Gasteiger partial charge in [0.15, 0.2) is 0 Å². The molecule has 1 saturated heterocycles. The zero-order valence-corrected chi connectivity index (χ0v) is 16.3. The van der Waals surface area contributed by atoms with Gasteiger partial charge in [0.2, 0.25) is 5.91 Å². The van der Waals surface area contributed by atoms with Gasteiger partial charge >= 0.3 is 0 Å². The van der Waals surface area contributed by atoms with E-state index >= 15 is 0 Å². The Morgan fingerprint density at radius 1 is 1.21 bits per heavy atom. The number of anilines is 1. The Bertz CT molecular complexity index is 969. The highest BCUT2D eigenvalue weighted by Gasteiger charge is 2.38. The number of ether oxygens (including phenoxy) is 1. The molecule has 5 nitrogen and oxygen atoms in total. The van der Waals surface area contributed by atoms with Gasteiger partial charge in [0.1, 0.15) is 5.75 Å². The number of fused-ring (bicyclic) bond motifs is 4. The molecule has 2 aromatic carbocycles. The molecule has 0 unspecified atom stereocenters. The van der Waals surface area contributed by atoms with Crippen LogP contribution in [-0.2, 0) is 17.6 Å². The number of nitriles is 1. The van der Waals surface area contributed by atoms with Crippen LogP contribution >= 0.6 is 12.4 Å². The van der Waals surface area contributed by atoms with Crippen molar-refractivity contribution in [3.8, 4) is 11.8 Å². The van der Waals surface area contributed by atoms with Crippen LogP contribution < -0.4 is 10.1 Å². The fourth-order valence-electron chi connectivity index (χ4n) is 4.63. The highest BCUT2D eigenvalue weighted by atomic mass is 35.5. The van der Waals surface area contributed by atoms with Gasteiger partial charge in [-0.2, -0.15) is 5.26 Å². The summed E-state index contributed by atoms with van der Waals surface area (Å²) in [6.07, 6.45) is 1.47. The van der Waals surface area contributed by atoms with Crippen molar-refractivity contribution in [2.75, 3.05) is 31.6 Å². The van der Waals surface area contributed by atoms with Crippen LogP contribution in [-0.4, -0.2) is 37.0 Å². The molecule has 0 aromatic heterocycles. The second-order valence-corrected chi connectivity index (χ2v) is 7.77. The summed E-state index contributed by atoms with van der Waals surface area (Å²) < 4.78 is 5.93. The molecule has 144 valence electrons. The number of carbonyl (C=O) groups is 1. The minimum atomic E-state index is 0. The van der Waals surface area contributed by atoms with Crippen LogP contribution in [0.2, 0.25) is 0 Å². The lowest BCUT2D eigenvalue weighted by Gasteiger charge is -2.27. The lowest BCUT2D eigenvalue weighted by molar-refractivity contribution is -0.115. The molecule has 0 radical (unpaired) electrons. The molecule has 0 spiro atoms. The van der Waals surface area contributed by atoms with Gasteiger partial charge in [-0.15, -0.1) is 12.4 Å². The molecule has 0 saturated carbocycles. The zero-order chi connectivity index (χ0) is 18.4. The van der Waals surface area contributed by atoms with E-state index in [-0.39, 0.29) is 18.3 Å². The van der Waals surface area contributed by atoms with E-state index in [0.29, 0.717) is 23.8 Å². The van der Waals surface area contributed by atoms with Gasteiger partial charge in [-0.25, -0.2) is 0 Å². The van der Waals surface area contributed by atoms with E-state index < -0.39 is 0 Å². The summed E-state index contributed by atoms with van der Waals surface area (Å²) >= 11 is 0. The first-order valence-electron chi connectivity index (χ1n) is 9.50. The maximum Gasteiger partial charge on any atom is 0.228 e. The van der Waals surface area contributed by atoms with Crippen LogP contribution in [0.25, 0.3) is 0 Å². The summed E-state index contributed by atoms with van der Waals surface area (Å²) in [6, 6.07) is 14.3. The molecular weight excluding hydrogens is 374 g/mol. The van der Waals surface area contributed by atoms with Gasteiger partial charge in [-0.1, -0.05) is 12.1 Å². The number of halogens is 1. The summed E-state index contributed by atoms with van der Waals surface area (Å²) in [5.74, 6) is 1.96. The van der Waals surface area contributed by atoms with Crippen LogP contribution in [0.4, 0.5) is 5.69 Å². The Balaban J connectivity index is 0.00000192. The first kappa shape index (κ1) is 18.8. The van der Waals surface area contributed by atoms with E-state index in [2.05, 4.69) is 28.4 Å². The molecule has 0 bridgehead atoms. The monoisotopic (exact) mass is 395 g/mol. The topological polar surface area (TPSA) is 65.4 Å². The molecular formula is C22H22ClN3O2. The van der Waals surface area contributed by atoms with Crippen molar-refractivity contribution in [3.63, 3.8) is 0 Å². The van der Waals surface area contributed by atoms with E-state index in [9.17, 15) is 10.1 Å². The summed E-state index contributed by atoms with van der Waals surface area (Å²) in [4.78, 5) is 14.0. The van der Waals surface area contributed by atoms with Crippen molar-refractivity contribution >= 4 is 24.0 Å².